The molecule has 32 heavy (non-hydrogen) atoms. The molecule has 0 saturated carbocycles. The first kappa shape index (κ1) is 20.6. The Morgan fingerprint density at radius 1 is 1.09 bits per heavy atom. The maximum atomic E-state index is 13.9. The summed E-state index contributed by atoms with van der Waals surface area (Å²) in [5.41, 5.74) is 3.87. The molecule has 3 heterocycles. The highest BCUT2D eigenvalue weighted by molar-refractivity contribution is 6.06. The maximum Gasteiger partial charge on any atom is 0.254 e. The van der Waals surface area contributed by atoms with Gasteiger partial charge < -0.3 is 9.64 Å². The predicted octanol–water partition coefficient (Wildman–Crippen LogP) is 4.94. The lowest BCUT2D eigenvalue weighted by molar-refractivity contribution is -0.00614. The molecule has 0 radical (unpaired) electrons. The van der Waals surface area contributed by atoms with Gasteiger partial charge in [-0.1, -0.05) is 6.07 Å². The average molecular weight is 432 g/mol. The van der Waals surface area contributed by atoms with Gasteiger partial charge in [0.25, 0.3) is 5.91 Å². The number of halogens is 1. The monoisotopic (exact) mass is 432 g/mol. The number of carbonyl (C=O) groups excluding carboxylic acids is 2. The molecule has 0 aliphatic carbocycles. The molecule has 0 bridgehead atoms. The highest BCUT2D eigenvalue weighted by Gasteiger charge is 2.44. The number of nitrogens with zero attached hydrogens (tertiary/aromatic N) is 2. The molecule has 2 aliphatic heterocycles. The first-order valence-corrected chi connectivity index (χ1v) is 10.9. The highest BCUT2D eigenvalue weighted by atomic mass is 19.1. The van der Waals surface area contributed by atoms with Crippen LogP contribution >= 0.6 is 0 Å². The van der Waals surface area contributed by atoms with E-state index < -0.39 is 11.4 Å². The van der Waals surface area contributed by atoms with E-state index in [4.69, 9.17) is 4.74 Å². The van der Waals surface area contributed by atoms with Gasteiger partial charge in [0.15, 0.2) is 5.78 Å². The molecule has 0 unspecified atom stereocenters. The van der Waals surface area contributed by atoms with Crippen LogP contribution in [0.4, 0.5) is 4.39 Å². The van der Waals surface area contributed by atoms with Crippen molar-refractivity contribution in [3.8, 4) is 5.75 Å². The number of piperidine rings is 1. The lowest BCUT2D eigenvalue weighted by Crippen LogP contribution is -2.52. The molecule has 0 N–H and O–H groups in total. The summed E-state index contributed by atoms with van der Waals surface area (Å²) < 4.78 is 20.3. The Labute approximate surface area is 186 Å². The van der Waals surface area contributed by atoms with E-state index in [2.05, 4.69) is 4.98 Å². The van der Waals surface area contributed by atoms with Crippen LogP contribution in [0.15, 0.2) is 36.4 Å². The Balaban J connectivity index is 1.40. The second-order valence-corrected chi connectivity index (χ2v) is 9.11. The smallest absolute Gasteiger partial charge is 0.254 e. The number of carbonyl (C=O) groups is 2. The third-order valence-corrected chi connectivity index (χ3v) is 6.61. The fourth-order valence-corrected chi connectivity index (χ4v) is 5.01. The molecular weight excluding hydrogens is 407 g/mol. The summed E-state index contributed by atoms with van der Waals surface area (Å²) in [6, 6.07) is 9.96. The molecule has 1 saturated heterocycles. The summed E-state index contributed by atoms with van der Waals surface area (Å²) in [5, 5.41) is 0.518. The fraction of sp³-hybridized carbons (Fsp3) is 0.346. The normalized spacial score (nSPS) is 17.4. The van der Waals surface area contributed by atoms with E-state index in [-0.39, 0.29) is 11.7 Å². The largest absolute Gasteiger partial charge is 0.486 e. The van der Waals surface area contributed by atoms with Crippen LogP contribution in [0.3, 0.4) is 0 Å². The summed E-state index contributed by atoms with van der Waals surface area (Å²) in [6.45, 7) is 6.72. The molecule has 164 valence electrons. The van der Waals surface area contributed by atoms with Crippen LogP contribution in [0.1, 0.15) is 56.8 Å². The Morgan fingerprint density at radius 2 is 1.84 bits per heavy atom. The number of fused-ring (bicyclic) bond motifs is 2. The number of rotatable bonds is 1. The number of ketones is 1. The number of amides is 1. The van der Waals surface area contributed by atoms with Crippen LogP contribution in [-0.4, -0.2) is 40.3 Å². The SMILES string of the molecule is Cc1cc(C)c2c(c1)C(=O)CC1(CCN(C(=O)c3cc(C)nc4ccc(F)cc34)CC1)O2. The number of aryl methyl sites for hydroxylation is 3. The molecule has 6 heteroatoms. The van der Waals surface area contributed by atoms with Crippen molar-refractivity contribution in [1.29, 1.82) is 0 Å². The summed E-state index contributed by atoms with van der Waals surface area (Å²) in [4.78, 5) is 32.5. The number of ether oxygens (including phenoxy) is 1. The zero-order chi connectivity index (χ0) is 22.6. The summed E-state index contributed by atoms with van der Waals surface area (Å²) in [7, 11) is 0. The van der Waals surface area contributed by atoms with Gasteiger partial charge >= 0.3 is 0 Å². The molecule has 1 aromatic heterocycles. The van der Waals surface area contributed by atoms with Crippen molar-refractivity contribution in [2.24, 2.45) is 0 Å². The Bertz CT molecular complexity index is 1280. The molecule has 5 nitrogen and oxygen atoms in total. The first-order chi connectivity index (χ1) is 15.2. The standard InChI is InChI=1S/C26H25FN2O3/c1-15-10-16(2)24-21(11-15)23(30)14-26(32-24)6-8-29(9-7-26)25(31)20-12-17(3)28-22-5-4-18(27)13-19(20)22/h4-5,10-13H,6-9,14H2,1-3H3. The van der Waals surface area contributed by atoms with Crippen LogP contribution in [-0.2, 0) is 0 Å². The van der Waals surface area contributed by atoms with E-state index in [1.54, 1.807) is 17.0 Å². The van der Waals surface area contributed by atoms with Gasteiger partial charge in [0.05, 0.1) is 23.1 Å². The fourth-order valence-electron chi connectivity index (χ4n) is 5.01. The molecule has 1 amide bonds. The highest BCUT2D eigenvalue weighted by Crippen LogP contribution is 2.41. The zero-order valence-electron chi connectivity index (χ0n) is 18.5. The van der Waals surface area contributed by atoms with Gasteiger partial charge in [-0.3, -0.25) is 14.6 Å². The molecule has 0 atom stereocenters. The van der Waals surface area contributed by atoms with E-state index >= 15 is 0 Å². The molecular formula is C26H25FN2O3. The number of likely N-dealkylation sites (tertiary alicyclic amines) is 1. The second kappa shape index (κ2) is 7.40. The molecule has 1 fully saturated rings. The zero-order valence-corrected chi connectivity index (χ0v) is 18.5. The quantitative estimate of drug-likeness (QED) is 0.547. The number of hydrogen-bond acceptors (Lipinski definition) is 4. The lowest BCUT2D eigenvalue weighted by Gasteiger charge is -2.44. The van der Waals surface area contributed by atoms with E-state index in [9.17, 15) is 14.0 Å². The number of aromatic nitrogens is 1. The first-order valence-electron chi connectivity index (χ1n) is 10.9. The minimum Gasteiger partial charge on any atom is -0.486 e. The molecule has 2 aliphatic rings. The molecule has 2 aromatic carbocycles. The van der Waals surface area contributed by atoms with Crippen molar-refractivity contribution in [2.75, 3.05) is 13.1 Å². The number of Topliss-reactive ketones (excluding diaryl/α,β-unsaturated/α-hetero) is 1. The number of hydrogen-bond donors (Lipinski definition) is 0. The minimum absolute atomic E-state index is 0.101. The Kier molecular flexibility index (Phi) is 4.77. The minimum atomic E-state index is -0.580. The van der Waals surface area contributed by atoms with Gasteiger partial charge in [-0.15, -0.1) is 0 Å². The van der Waals surface area contributed by atoms with Gasteiger partial charge in [-0.05, 0) is 62.2 Å². The second-order valence-electron chi connectivity index (χ2n) is 9.11. The van der Waals surface area contributed by atoms with E-state index in [0.717, 1.165) is 11.1 Å². The van der Waals surface area contributed by atoms with Crippen molar-refractivity contribution in [3.63, 3.8) is 0 Å². The van der Waals surface area contributed by atoms with Gasteiger partial charge in [-0.25, -0.2) is 4.39 Å². The van der Waals surface area contributed by atoms with Crippen molar-refractivity contribution >= 4 is 22.6 Å². The van der Waals surface area contributed by atoms with Crippen LogP contribution in [0.5, 0.6) is 5.75 Å². The summed E-state index contributed by atoms with van der Waals surface area (Å²) >= 11 is 0. The Morgan fingerprint density at radius 3 is 2.59 bits per heavy atom. The summed E-state index contributed by atoms with van der Waals surface area (Å²) in [5.74, 6) is 0.241. The van der Waals surface area contributed by atoms with Crippen LogP contribution in [0.2, 0.25) is 0 Å². The molecule has 5 rings (SSSR count). The maximum absolute atomic E-state index is 13.9. The van der Waals surface area contributed by atoms with E-state index in [0.29, 0.717) is 65.8 Å². The van der Waals surface area contributed by atoms with Crippen LogP contribution in [0.25, 0.3) is 10.9 Å². The van der Waals surface area contributed by atoms with Gasteiger partial charge in [0, 0.05) is 37.0 Å². The summed E-state index contributed by atoms with van der Waals surface area (Å²) in [6.07, 6.45) is 1.48. The van der Waals surface area contributed by atoms with Crippen LogP contribution in [0, 0.1) is 26.6 Å². The third kappa shape index (κ3) is 3.44. The van der Waals surface area contributed by atoms with Gasteiger partial charge in [0.2, 0.25) is 0 Å². The Hall–Kier alpha value is -3.28. The van der Waals surface area contributed by atoms with Crippen LogP contribution < -0.4 is 4.74 Å². The topological polar surface area (TPSA) is 59.5 Å². The van der Waals surface area contributed by atoms with E-state index in [1.807, 2.05) is 32.9 Å². The lowest BCUT2D eigenvalue weighted by atomic mass is 9.81. The van der Waals surface area contributed by atoms with Crippen molar-refractivity contribution in [2.45, 2.75) is 45.6 Å². The predicted molar refractivity (Wildman–Crippen MR) is 120 cm³/mol. The van der Waals surface area contributed by atoms with Gasteiger partial charge in [-0.2, -0.15) is 0 Å². The number of pyridine rings is 1. The molecule has 3 aromatic rings. The van der Waals surface area contributed by atoms with Crippen molar-refractivity contribution in [1.82, 2.24) is 9.88 Å². The van der Waals surface area contributed by atoms with Crippen molar-refractivity contribution < 1.29 is 18.7 Å². The third-order valence-electron chi connectivity index (χ3n) is 6.61. The average Bonchev–Trinajstić information content (AvgIpc) is 2.75. The van der Waals surface area contributed by atoms with E-state index in [1.165, 1.54) is 12.1 Å². The molecule has 1 spiro atoms. The van der Waals surface area contributed by atoms with Crippen molar-refractivity contribution in [3.05, 3.63) is 70.2 Å². The van der Waals surface area contributed by atoms with Gasteiger partial charge in [0.1, 0.15) is 17.2 Å². The number of benzene rings is 2.